The summed E-state index contributed by atoms with van der Waals surface area (Å²) in [6.45, 7) is 0.589. The van der Waals surface area contributed by atoms with Gasteiger partial charge >= 0.3 is 6.18 Å². The van der Waals surface area contributed by atoms with E-state index >= 15 is 0 Å². The van der Waals surface area contributed by atoms with Crippen LogP contribution in [0.2, 0.25) is 0 Å². The van der Waals surface area contributed by atoms with E-state index in [0.29, 0.717) is 45.8 Å². The van der Waals surface area contributed by atoms with Crippen molar-refractivity contribution >= 4 is 38.7 Å². The number of thiazole rings is 1. The van der Waals surface area contributed by atoms with Crippen LogP contribution in [0.25, 0.3) is 38.5 Å². The van der Waals surface area contributed by atoms with Crippen molar-refractivity contribution in [2.24, 2.45) is 5.92 Å². The van der Waals surface area contributed by atoms with Gasteiger partial charge in [0.05, 0.1) is 40.8 Å². The average molecular weight is 549 g/mol. The number of benzene rings is 3. The molecule has 0 amide bonds. The van der Waals surface area contributed by atoms with E-state index in [9.17, 15) is 18.0 Å². The predicted molar refractivity (Wildman–Crippen MR) is 147 cm³/mol. The van der Waals surface area contributed by atoms with Crippen LogP contribution in [-0.2, 0) is 6.18 Å². The van der Waals surface area contributed by atoms with E-state index < -0.39 is 11.7 Å². The monoisotopic (exact) mass is 548 g/mol. The first kappa shape index (κ1) is 25.2. The van der Waals surface area contributed by atoms with Crippen molar-refractivity contribution in [2.75, 3.05) is 13.7 Å². The van der Waals surface area contributed by atoms with Crippen LogP contribution in [0.5, 0.6) is 11.5 Å². The third-order valence-electron chi connectivity index (χ3n) is 6.70. The van der Waals surface area contributed by atoms with Crippen molar-refractivity contribution in [3.8, 4) is 22.6 Å². The predicted octanol–water partition coefficient (Wildman–Crippen LogP) is 7.56. The minimum atomic E-state index is -4.48. The van der Waals surface area contributed by atoms with E-state index in [1.807, 2.05) is 42.5 Å². The van der Waals surface area contributed by atoms with Crippen molar-refractivity contribution in [1.29, 1.82) is 0 Å². The molecule has 6 rings (SSSR count). The first-order chi connectivity index (χ1) is 18.8. The van der Waals surface area contributed by atoms with Gasteiger partial charge in [0.25, 0.3) is 5.56 Å². The first-order valence-corrected chi connectivity index (χ1v) is 13.2. The molecule has 1 fully saturated rings. The van der Waals surface area contributed by atoms with Crippen molar-refractivity contribution in [3.63, 3.8) is 0 Å². The van der Waals surface area contributed by atoms with Gasteiger partial charge in [-0.1, -0.05) is 47.7 Å². The maximum absolute atomic E-state index is 13.9. The largest absolute Gasteiger partial charge is 0.493 e. The summed E-state index contributed by atoms with van der Waals surface area (Å²) in [7, 11) is 1.58. The molecule has 198 valence electrons. The third-order valence-corrected chi connectivity index (χ3v) is 7.72. The number of aromatic nitrogens is 2. The lowest BCUT2D eigenvalue weighted by Crippen LogP contribution is -2.17. The van der Waals surface area contributed by atoms with Gasteiger partial charge in [0.1, 0.15) is 0 Å². The molecule has 1 aliphatic rings. The highest BCUT2D eigenvalue weighted by Crippen LogP contribution is 2.37. The smallest absolute Gasteiger partial charge is 0.416 e. The van der Waals surface area contributed by atoms with Crippen LogP contribution in [0.15, 0.2) is 71.5 Å². The molecule has 0 N–H and O–H groups in total. The van der Waals surface area contributed by atoms with Crippen molar-refractivity contribution < 1.29 is 22.6 Å². The summed E-state index contributed by atoms with van der Waals surface area (Å²) in [6, 6.07) is 17.6. The molecule has 39 heavy (non-hydrogen) atoms. The lowest BCUT2D eigenvalue weighted by molar-refractivity contribution is -0.137. The highest BCUT2D eigenvalue weighted by Gasteiger charge is 2.30. The van der Waals surface area contributed by atoms with Gasteiger partial charge in [-0.05, 0) is 66.8 Å². The number of para-hydroxylation sites is 2. The summed E-state index contributed by atoms with van der Waals surface area (Å²) < 4.78 is 53.7. The Hall–Kier alpha value is -4.11. The topological polar surface area (TPSA) is 52.8 Å². The minimum Gasteiger partial charge on any atom is -0.493 e. The average Bonchev–Trinajstić information content (AvgIpc) is 3.68. The van der Waals surface area contributed by atoms with Gasteiger partial charge in [0.2, 0.25) is 0 Å². The fraction of sp³-hybridized carbons (Fsp3) is 0.200. The third kappa shape index (κ3) is 4.90. The molecule has 5 nitrogen and oxygen atoms in total. The minimum absolute atomic E-state index is 0.212. The SMILES string of the molecule is COc1cccc(C=Cc2nc3sc4ccccc4n3c(=O)c2-c2ccc(C(F)(F)F)cc2)c1OCC1CC1. The Kier molecular flexibility index (Phi) is 6.38. The fourth-order valence-corrected chi connectivity index (χ4v) is 5.50. The molecular formula is C30H23F3N2O3S. The summed E-state index contributed by atoms with van der Waals surface area (Å²) in [5, 5.41) is 0. The van der Waals surface area contributed by atoms with Crippen molar-refractivity contribution in [3.05, 3.63) is 93.9 Å². The zero-order valence-corrected chi connectivity index (χ0v) is 21.7. The molecule has 0 saturated heterocycles. The summed E-state index contributed by atoms with van der Waals surface area (Å²) in [5.74, 6) is 1.72. The number of fused-ring (bicyclic) bond motifs is 3. The lowest BCUT2D eigenvalue weighted by Gasteiger charge is -2.13. The summed E-state index contributed by atoms with van der Waals surface area (Å²) in [6.07, 6.45) is 1.30. The zero-order valence-electron chi connectivity index (χ0n) is 20.9. The summed E-state index contributed by atoms with van der Waals surface area (Å²) in [5.41, 5.74) is 1.21. The van der Waals surface area contributed by atoms with Crippen LogP contribution in [0.4, 0.5) is 13.2 Å². The number of methoxy groups -OCH3 is 1. The molecule has 0 unspecified atom stereocenters. The number of hydrogen-bond acceptors (Lipinski definition) is 5. The highest BCUT2D eigenvalue weighted by atomic mass is 32.1. The Morgan fingerprint density at radius 2 is 1.79 bits per heavy atom. The van der Waals surface area contributed by atoms with Crippen LogP contribution in [-0.4, -0.2) is 23.1 Å². The van der Waals surface area contributed by atoms with Crippen LogP contribution in [0.3, 0.4) is 0 Å². The zero-order chi connectivity index (χ0) is 27.1. The van der Waals surface area contributed by atoms with E-state index in [1.165, 1.54) is 27.9 Å². The molecule has 1 aliphatic carbocycles. The van der Waals surface area contributed by atoms with E-state index in [4.69, 9.17) is 14.5 Å². The summed E-state index contributed by atoms with van der Waals surface area (Å²) in [4.78, 5) is 19.2. The molecule has 0 aliphatic heterocycles. The Balaban J connectivity index is 1.51. The van der Waals surface area contributed by atoms with Crippen LogP contribution in [0, 0.1) is 5.92 Å². The van der Waals surface area contributed by atoms with Gasteiger partial charge in [-0.25, -0.2) is 4.98 Å². The number of halogens is 3. The molecule has 5 aromatic rings. The van der Waals surface area contributed by atoms with Gasteiger partial charge in [0, 0.05) is 5.56 Å². The molecular weight excluding hydrogens is 525 g/mol. The van der Waals surface area contributed by atoms with Gasteiger partial charge in [-0.3, -0.25) is 9.20 Å². The first-order valence-electron chi connectivity index (χ1n) is 12.4. The van der Waals surface area contributed by atoms with E-state index in [0.717, 1.165) is 35.2 Å². The maximum Gasteiger partial charge on any atom is 0.416 e. The molecule has 0 atom stereocenters. The molecule has 2 aromatic heterocycles. The number of rotatable bonds is 7. The molecule has 0 bridgehead atoms. The van der Waals surface area contributed by atoms with Crippen LogP contribution < -0.4 is 15.0 Å². The van der Waals surface area contributed by atoms with Crippen LogP contribution >= 0.6 is 11.3 Å². The molecule has 0 radical (unpaired) electrons. The van der Waals surface area contributed by atoms with E-state index in [2.05, 4.69) is 0 Å². The number of alkyl halides is 3. The maximum atomic E-state index is 13.9. The van der Waals surface area contributed by atoms with Gasteiger partial charge < -0.3 is 9.47 Å². The molecule has 2 heterocycles. The molecule has 0 spiro atoms. The second kappa shape index (κ2) is 9.89. The molecule has 1 saturated carbocycles. The van der Waals surface area contributed by atoms with E-state index in [-0.39, 0.29) is 11.1 Å². The van der Waals surface area contributed by atoms with Crippen molar-refractivity contribution in [2.45, 2.75) is 19.0 Å². The number of ether oxygens (including phenoxy) is 2. The summed E-state index contributed by atoms with van der Waals surface area (Å²) >= 11 is 1.37. The van der Waals surface area contributed by atoms with Gasteiger partial charge in [-0.2, -0.15) is 13.2 Å². The normalized spacial score (nSPS) is 13.9. The Labute approximate surface area is 225 Å². The lowest BCUT2D eigenvalue weighted by atomic mass is 10.0. The van der Waals surface area contributed by atoms with Crippen molar-refractivity contribution in [1.82, 2.24) is 9.38 Å². The molecule has 3 aromatic carbocycles. The quantitative estimate of drug-likeness (QED) is 0.211. The fourth-order valence-electron chi connectivity index (χ4n) is 4.48. The molecule has 9 heteroatoms. The van der Waals surface area contributed by atoms with E-state index in [1.54, 1.807) is 19.3 Å². The van der Waals surface area contributed by atoms with Crippen LogP contribution in [0.1, 0.15) is 29.7 Å². The highest BCUT2D eigenvalue weighted by molar-refractivity contribution is 7.23. The Morgan fingerprint density at radius 1 is 1.03 bits per heavy atom. The number of hydrogen-bond donors (Lipinski definition) is 0. The van der Waals surface area contributed by atoms with Gasteiger partial charge in [-0.15, -0.1) is 0 Å². The Bertz CT molecular complexity index is 1770. The van der Waals surface area contributed by atoms with Gasteiger partial charge in [0.15, 0.2) is 16.5 Å². The standard InChI is InChI=1S/C30H23F3N2O3S/c1-37-24-7-4-5-20(27(24)38-17-18-9-10-18)13-16-22-26(19-11-14-21(15-12-19)30(31,32)33)28(36)35-23-6-2-3-8-25(23)39-29(35)34-22/h2-8,11-16,18H,9-10,17H2,1H3. The second-order valence-corrected chi connectivity index (χ2v) is 10.4. The Morgan fingerprint density at radius 3 is 2.51 bits per heavy atom. The number of nitrogens with zero attached hydrogens (tertiary/aromatic N) is 2. The second-order valence-electron chi connectivity index (χ2n) is 9.41.